The first-order chi connectivity index (χ1) is 8.58. The Morgan fingerprint density at radius 1 is 1.50 bits per heavy atom. The van der Waals surface area contributed by atoms with Crippen molar-refractivity contribution in [3.8, 4) is 0 Å². The first-order valence-corrected chi connectivity index (χ1v) is 6.56. The van der Waals surface area contributed by atoms with Crippen LogP contribution in [0.3, 0.4) is 0 Å². The predicted molar refractivity (Wildman–Crippen MR) is 76.7 cm³/mol. The minimum absolute atomic E-state index is 0.284. The monoisotopic (exact) mass is 265 g/mol. The van der Waals surface area contributed by atoms with Crippen molar-refractivity contribution >= 4 is 23.0 Å². The van der Waals surface area contributed by atoms with E-state index in [0.717, 1.165) is 19.4 Å². The van der Waals surface area contributed by atoms with E-state index in [1.807, 2.05) is 0 Å². The molecule has 0 spiro atoms. The Hall–Kier alpha value is -1.27. The van der Waals surface area contributed by atoms with E-state index in [0.29, 0.717) is 23.6 Å². The van der Waals surface area contributed by atoms with E-state index >= 15 is 0 Å². The number of likely N-dealkylation sites (tertiary alicyclic amines) is 1. The summed E-state index contributed by atoms with van der Waals surface area (Å²) in [6.45, 7) is 3.32. The zero-order chi connectivity index (χ0) is 13.1. The Morgan fingerprint density at radius 3 is 2.89 bits per heavy atom. The van der Waals surface area contributed by atoms with Crippen LogP contribution in [-0.4, -0.2) is 45.5 Å². The van der Waals surface area contributed by atoms with E-state index in [2.05, 4.69) is 34.2 Å². The van der Waals surface area contributed by atoms with Gasteiger partial charge in [0.1, 0.15) is 10.7 Å². The van der Waals surface area contributed by atoms with Crippen molar-refractivity contribution in [1.29, 1.82) is 0 Å². The van der Waals surface area contributed by atoms with Gasteiger partial charge in [-0.3, -0.25) is 0 Å². The lowest BCUT2D eigenvalue weighted by Crippen LogP contribution is -2.43. The van der Waals surface area contributed by atoms with Gasteiger partial charge in [0.25, 0.3) is 0 Å². The van der Waals surface area contributed by atoms with Crippen molar-refractivity contribution in [3.63, 3.8) is 0 Å². The normalized spacial score (nSPS) is 24.8. The number of hydrogen-bond acceptors (Lipinski definition) is 5. The summed E-state index contributed by atoms with van der Waals surface area (Å²) in [5.74, 6) is 0.701. The zero-order valence-electron chi connectivity index (χ0n) is 10.8. The molecule has 1 aliphatic rings. The van der Waals surface area contributed by atoms with Gasteiger partial charge < -0.3 is 16.0 Å². The molecule has 2 heterocycles. The second-order valence-corrected chi connectivity index (χ2v) is 5.25. The fraction of sp³-hybridized carbons (Fsp3) is 0.583. The van der Waals surface area contributed by atoms with Crippen molar-refractivity contribution < 1.29 is 0 Å². The van der Waals surface area contributed by atoms with E-state index in [9.17, 15) is 0 Å². The van der Waals surface area contributed by atoms with Gasteiger partial charge in [0, 0.05) is 31.0 Å². The molecule has 2 unspecified atom stereocenters. The molecule has 0 bridgehead atoms. The van der Waals surface area contributed by atoms with Gasteiger partial charge in [0.15, 0.2) is 5.82 Å². The van der Waals surface area contributed by atoms with Crippen molar-refractivity contribution in [2.75, 3.05) is 18.9 Å². The maximum Gasteiger partial charge on any atom is 0.155 e. The molecule has 0 radical (unpaired) electrons. The van der Waals surface area contributed by atoms with Crippen LogP contribution >= 0.6 is 12.2 Å². The molecule has 0 aliphatic carbocycles. The fourth-order valence-electron chi connectivity index (χ4n) is 2.24. The summed E-state index contributed by atoms with van der Waals surface area (Å²) in [5, 5.41) is 3.41. The van der Waals surface area contributed by atoms with Crippen LogP contribution < -0.4 is 11.1 Å². The third kappa shape index (κ3) is 2.94. The first kappa shape index (κ1) is 13.2. The van der Waals surface area contributed by atoms with Gasteiger partial charge in [-0.1, -0.05) is 12.2 Å². The number of thiocarbonyl (C=S) groups is 1. The van der Waals surface area contributed by atoms with Gasteiger partial charge in [0.2, 0.25) is 0 Å². The molecule has 2 rings (SSSR count). The van der Waals surface area contributed by atoms with Gasteiger partial charge in [0.05, 0.1) is 0 Å². The number of hydrogen-bond donors (Lipinski definition) is 2. The fourth-order valence-corrected chi connectivity index (χ4v) is 2.39. The number of piperidine rings is 1. The maximum atomic E-state index is 5.65. The molecule has 1 aliphatic heterocycles. The van der Waals surface area contributed by atoms with Crippen LogP contribution in [0.25, 0.3) is 0 Å². The molecule has 1 aromatic heterocycles. The van der Waals surface area contributed by atoms with Crippen molar-refractivity contribution in [2.45, 2.75) is 31.8 Å². The third-order valence-electron chi connectivity index (χ3n) is 3.48. The lowest BCUT2D eigenvalue weighted by molar-refractivity contribution is 0.190. The molecule has 1 aromatic rings. The topological polar surface area (TPSA) is 67.1 Å². The molecule has 0 saturated carbocycles. The average Bonchev–Trinajstić information content (AvgIpc) is 2.34. The minimum Gasteiger partial charge on any atom is -0.388 e. The first-order valence-electron chi connectivity index (χ1n) is 6.15. The Morgan fingerprint density at radius 2 is 2.22 bits per heavy atom. The van der Waals surface area contributed by atoms with E-state index in [4.69, 9.17) is 18.0 Å². The molecular formula is C12H19N5S. The van der Waals surface area contributed by atoms with Gasteiger partial charge >= 0.3 is 0 Å². The lowest BCUT2D eigenvalue weighted by Gasteiger charge is -2.35. The van der Waals surface area contributed by atoms with Crippen LogP contribution in [0, 0.1) is 0 Å². The van der Waals surface area contributed by atoms with E-state index in [1.54, 1.807) is 12.4 Å². The average molecular weight is 265 g/mol. The molecular weight excluding hydrogens is 246 g/mol. The highest BCUT2D eigenvalue weighted by atomic mass is 32.1. The van der Waals surface area contributed by atoms with Crippen LogP contribution in [0.1, 0.15) is 25.5 Å². The number of nitrogens with zero attached hydrogens (tertiary/aromatic N) is 3. The molecule has 18 heavy (non-hydrogen) atoms. The van der Waals surface area contributed by atoms with Gasteiger partial charge in [-0.25, -0.2) is 9.97 Å². The minimum atomic E-state index is 0.284. The molecule has 1 fully saturated rings. The van der Waals surface area contributed by atoms with Crippen LogP contribution in [0.15, 0.2) is 12.4 Å². The molecule has 3 N–H and O–H groups in total. The molecule has 6 heteroatoms. The SMILES string of the molecule is CC1CC(Nc2nccnc2C(N)=S)CCN1C. The summed E-state index contributed by atoms with van der Waals surface area (Å²) >= 11 is 4.99. The zero-order valence-corrected chi connectivity index (χ0v) is 11.6. The highest BCUT2D eigenvalue weighted by molar-refractivity contribution is 7.80. The highest BCUT2D eigenvalue weighted by Gasteiger charge is 2.23. The smallest absolute Gasteiger partial charge is 0.155 e. The number of rotatable bonds is 3. The molecule has 0 amide bonds. The molecule has 1 saturated heterocycles. The van der Waals surface area contributed by atoms with E-state index < -0.39 is 0 Å². The molecule has 2 atom stereocenters. The number of nitrogens with two attached hydrogens (primary N) is 1. The van der Waals surface area contributed by atoms with Crippen molar-refractivity contribution in [2.24, 2.45) is 5.73 Å². The largest absolute Gasteiger partial charge is 0.388 e. The van der Waals surface area contributed by atoms with Gasteiger partial charge in [-0.05, 0) is 26.8 Å². The summed E-state index contributed by atoms with van der Waals surface area (Å²) in [6.07, 6.45) is 5.44. The highest BCUT2D eigenvalue weighted by Crippen LogP contribution is 2.20. The third-order valence-corrected chi connectivity index (χ3v) is 3.67. The molecule has 0 aromatic carbocycles. The summed E-state index contributed by atoms with van der Waals surface area (Å²) in [5.41, 5.74) is 6.23. The quantitative estimate of drug-likeness (QED) is 0.795. The molecule has 5 nitrogen and oxygen atoms in total. The Bertz CT molecular complexity index is 436. The van der Waals surface area contributed by atoms with Crippen molar-refractivity contribution in [1.82, 2.24) is 14.9 Å². The number of anilines is 1. The van der Waals surface area contributed by atoms with E-state index in [-0.39, 0.29) is 4.99 Å². The molecule has 98 valence electrons. The van der Waals surface area contributed by atoms with Crippen LogP contribution in [0.2, 0.25) is 0 Å². The van der Waals surface area contributed by atoms with Crippen LogP contribution in [-0.2, 0) is 0 Å². The second-order valence-electron chi connectivity index (χ2n) is 4.81. The van der Waals surface area contributed by atoms with Gasteiger partial charge in [-0.15, -0.1) is 0 Å². The van der Waals surface area contributed by atoms with Crippen LogP contribution in [0.4, 0.5) is 5.82 Å². The standard InChI is InChI=1S/C12H19N5S/c1-8-7-9(3-6-17(8)2)16-12-10(11(13)18)14-4-5-15-12/h4-5,8-9H,3,6-7H2,1-2H3,(H2,13,18)(H,15,16). The van der Waals surface area contributed by atoms with Crippen LogP contribution in [0.5, 0.6) is 0 Å². The summed E-state index contributed by atoms with van der Waals surface area (Å²) in [4.78, 5) is 11.1. The number of aromatic nitrogens is 2. The summed E-state index contributed by atoms with van der Waals surface area (Å²) in [7, 11) is 2.16. The predicted octanol–water partition coefficient (Wildman–Crippen LogP) is 1.01. The lowest BCUT2D eigenvalue weighted by atomic mass is 9.99. The van der Waals surface area contributed by atoms with E-state index in [1.165, 1.54) is 0 Å². The Balaban J connectivity index is 2.08. The van der Waals surface area contributed by atoms with Gasteiger partial charge in [-0.2, -0.15) is 0 Å². The number of nitrogens with one attached hydrogen (secondary N) is 1. The summed E-state index contributed by atoms with van der Waals surface area (Å²) < 4.78 is 0. The summed E-state index contributed by atoms with van der Waals surface area (Å²) in [6, 6.07) is 0.974. The Labute approximate surface area is 113 Å². The second kappa shape index (κ2) is 5.58. The van der Waals surface area contributed by atoms with Crippen molar-refractivity contribution in [3.05, 3.63) is 18.1 Å². The Kier molecular flexibility index (Phi) is 4.08. The maximum absolute atomic E-state index is 5.65.